The number of anilines is 1. The molecule has 0 aliphatic carbocycles. The lowest BCUT2D eigenvalue weighted by atomic mass is 9.98. The van der Waals surface area contributed by atoms with Crippen LogP contribution in [0.1, 0.15) is 22.9 Å². The molecule has 0 amide bonds. The third-order valence-corrected chi connectivity index (χ3v) is 6.31. The number of hydrogen-bond donors (Lipinski definition) is 1. The Bertz CT molecular complexity index is 1340. The van der Waals surface area contributed by atoms with Gasteiger partial charge in [-0.15, -0.1) is 0 Å². The Labute approximate surface area is 182 Å². The Morgan fingerprint density at radius 3 is 2.32 bits per heavy atom. The van der Waals surface area contributed by atoms with E-state index < -0.39 is 9.84 Å². The molecule has 158 valence electrons. The number of aromatic nitrogens is 1. The van der Waals surface area contributed by atoms with E-state index in [0.29, 0.717) is 10.6 Å². The van der Waals surface area contributed by atoms with Gasteiger partial charge in [-0.2, -0.15) is 0 Å². The highest BCUT2D eigenvalue weighted by atomic mass is 32.2. The van der Waals surface area contributed by atoms with Gasteiger partial charge in [0.25, 0.3) is 0 Å². The second kappa shape index (κ2) is 8.40. The van der Waals surface area contributed by atoms with E-state index in [1.54, 1.807) is 25.3 Å². The van der Waals surface area contributed by atoms with Crippen molar-refractivity contribution in [3.63, 3.8) is 0 Å². The van der Waals surface area contributed by atoms with E-state index >= 15 is 0 Å². The number of nitrogens with one attached hydrogen (secondary N) is 1. The quantitative estimate of drug-likeness (QED) is 0.456. The normalized spacial score (nSPS) is 12.5. The number of ether oxygens (including phenoxy) is 1. The number of aryl methyl sites for hydroxylation is 1. The van der Waals surface area contributed by atoms with E-state index in [-0.39, 0.29) is 6.04 Å². The average molecular weight is 433 g/mol. The summed E-state index contributed by atoms with van der Waals surface area (Å²) in [5.74, 6) is 0.708. The molecule has 0 aliphatic heterocycles. The predicted molar refractivity (Wildman–Crippen MR) is 124 cm³/mol. The van der Waals surface area contributed by atoms with Crippen LogP contribution in [0.5, 0.6) is 5.75 Å². The minimum absolute atomic E-state index is 0.251. The molecular formula is C25H24N2O3S. The van der Waals surface area contributed by atoms with Crippen molar-refractivity contribution in [1.82, 2.24) is 4.98 Å². The number of methoxy groups -OCH3 is 1. The van der Waals surface area contributed by atoms with Crippen molar-refractivity contribution in [3.8, 4) is 5.75 Å². The smallest absolute Gasteiger partial charge is 0.175 e. The van der Waals surface area contributed by atoms with Gasteiger partial charge in [-0.05, 0) is 42.3 Å². The number of para-hydroxylation sites is 1. The molecule has 1 N–H and O–H groups in total. The third-order valence-electron chi connectivity index (χ3n) is 5.20. The molecule has 1 atom stereocenters. The first-order chi connectivity index (χ1) is 14.9. The molecule has 0 spiro atoms. The largest absolute Gasteiger partial charge is 0.494 e. The zero-order valence-electron chi connectivity index (χ0n) is 17.7. The summed E-state index contributed by atoms with van der Waals surface area (Å²) < 4.78 is 29.8. The van der Waals surface area contributed by atoms with E-state index in [1.807, 2.05) is 67.6 Å². The zero-order chi connectivity index (χ0) is 22.0. The van der Waals surface area contributed by atoms with Crippen molar-refractivity contribution < 1.29 is 13.2 Å². The summed E-state index contributed by atoms with van der Waals surface area (Å²) in [5.41, 5.74) is 4.43. The Morgan fingerprint density at radius 1 is 0.903 bits per heavy atom. The molecule has 3 aromatic carbocycles. The monoisotopic (exact) mass is 432 g/mol. The number of nitrogens with zero attached hydrogens (tertiary/aromatic N) is 1. The summed E-state index contributed by atoms with van der Waals surface area (Å²) in [6.45, 7) is 1.94. The Hall–Kier alpha value is -3.38. The van der Waals surface area contributed by atoms with Gasteiger partial charge in [0.1, 0.15) is 11.3 Å². The summed E-state index contributed by atoms with van der Waals surface area (Å²) in [5, 5.41) is 4.57. The molecule has 6 heteroatoms. The van der Waals surface area contributed by atoms with Gasteiger partial charge >= 0.3 is 0 Å². The molecule has 0 radical (unpaired) electrons. The fraction of sp³-hybridized carbons (Fsp3) is 0.160. The zero-order valence-corrected chi connectivity index (χ0v) is 18.5. The fourth-order valence-electron chi connectivity index (χ4n) is 3.72. The van der Waals surface area contributed by atoms with E-state index in [4.69, 9.17) is 4.74 Å². The molecule has 0 saturated heterocycles. The van der Waals surface area contributed by atoms with E-state index in [9.17, 15) is 8.42 Å². The Morgan fingerprint density at radius 2 is 1.61 bits per heavy atom. The van der Waals surface area contributed by atoms with Crippen LogP contribution in [0, 0.1) is 6.92 Å². The van der Waals surface area contributed by atoms with Crippen molar-refractivity contribution >= 4 is 26.4 Å². The van der Waals surface area contributed by atoms with Crippen LogP contribution in [-0.2, 0) is 9.84 Å². The van der Waals surface area contributed by atoms with Gasteiger partial charge in [0.2, 0.25) is 0 Å². The number of sulfone groups is 1. The molecule has 5 nitrogen and oxygen atoms in total. The van der Waals surface area contributed by atoms with E-state index in [0.717, 1.165) is 33.4 Å². The van der Waals surface area contributed by atoms with Crippen LogP contribution in [0.3, 0.4) is 0 Å². The van der Waals surface area contributed by atoms with Crippen LogP contribution in [0.4, 0.5) is 5.69 Å². The summed E-state index contributed by atoms with van der Waals surface area (Å²) >= 11 is 0. The maximum absolute atomic E-state index is 12.1. The lowest BCUT2D eigenvalue weighted by molar-refractivity contribution is 0.419. The minimum atomic E-state index is -3.32. The first-order valence-electron chi connectivity index (χ1n) is 9.92. The number of fused-ring (bicyclic) bond motifs is 1. The standard InChI is InChI=1S/C25H24N2O3S/c1-17-15-22(21-13-8-14-23(30-2)25(21)26-17)27-24(18-9-5-4-6-10-18)19-11-7-12-20(16-19)31(3,28)29/h4-16,24H,1-3H3,(H,26,27). The summed E-state index contributed by atoms with van der Waals surface area (Å²) in [7, 11) is -1.68. The van der Waals surface area contributed by atoms with Gasteiger partial charge in [0.05, 0.1) is 18.0 Å². The van der Waals surface area contributed by atoms with Gasteiger partial charge in [-0.25, -0.2) is 13.4 Å². The molecule has 4 rings (SSSR count). The van der Waals surface area contributed by atoms with Crippen LogP contribution in [0.15, 0.2) is 83.8 Å². The molecule has 1 heterocycles. The number of benzene rings is 3. The fourth-order valence-corrected chi connectivity index (χ4v) is 4.40. The van der Waals surface area contributed by atoms with Crippen LogP contribution in [-0.4, -0.2) is 26.8 Å². The maximum Gasteiger partial charge on any atom is 0.175 e. The highest BCUT2D eigenvalue weighted by molar-refractivity contribution is 7.90. The Kier molecular flexibility index (Phi) is 5.65. The number of rotatable bonds is 6. The van der Waals surface area contributed by atoms with E-state index in [2.05, 4.69) is 10.3 Å². The lowest BCUT2D eigenvalue weighted by Gasteiger charge is -2.23. The van der Waals surface area contributed by atoms with Crippen molar-refractivity contribution in [2.45, 2.75) is 17.9 Å². The third kappa shape index (κ3) is 4.39. The van der Waals surface area contributed by atoms with Crippen LogP contribution < -0.4 is 10.1 Å². The van der Waals surface area contributed by atoms with Gasteiger partial charge in [-0.3, -0.25) is 0 Å². The summed E-state index contributed by atoms with van der Waals surface area (Å²) in [4.78, 5) is 4.96. The second-order valence-electron chi connectivity index (χ2n) is 7.50. The first kappa shape index (κ1) is 20.9. The van der Waals surface area contributed by atoms with Crippen LogP contribution in [0.2, 0.25) is 0 Å². The van der Waals surface area contributed by atoms with Gasteiger partial charge in [0.15, 0.2) is 9.84 Å². The van der Waals surface area contributed by atoms with Gasteiger partial charge < -0.3 is 10.1 Å². The molecule has 0 saturated carbocycles. The predicted octanol–water partition coefficient (Wildman–Crippen LogP) is 5.16. The van der Waals surface area contributed by atoms with Gasteiger partial charge in [0, 0.05) is 23.0 Å². The highest BCUT2D eigenvalue weighted by Gasteiger charge is 2.19. The molecule has 31 heavy (non-hydrogen) atoms. The summed E-state index contributed by atoms with van der Waals surface area (Å²) in [6.07, 6.45) is 1.23. The van der Waals surface area contributed by atoms with Crippen molar-refractivity contribution in [1.29, 1.82) is 0 Å². The molecule has 4 aromatic rings. The van der Waals surface area contributed by atoms with Crippen LogP contribution >= 0.6 is 0 Å². The van der Waals surface area contributed by atoms with Crippen LogP contribution in [0.25, 0.3) is 10.9 Å². The van der Waals surface area contributed by atoms with Crippen molar-refractivity contribution in [2.24, 2.45) is 0 Å². The first-order valence-corrected chi connectivity index (χ1v) is 11.8. The SMILES string of the molecule is COc1cccc2c(NC(c3ccccc3)c3cccc(S(C)(=O)=O)c3)cc(C)nc12. The molecule has 1 aromatic heterocycles. The molecular weight excluding hydrogens is 408 g/mol. The van der Waals surface area contributed by atoms with Crippen molar-refractivity contribution in [2.75, 3.05) is 18.7 Å². The topological polar surface area (TPSA) is 68.3 Å². The summed E-state index contributed by atoms with van der Waals surface area (Å²) in [6, 6.07) is 24.6. The van der Waals surface area contributed by atoms with Crippen molar-refractivity contribution in [3.05, 3.63) is 95.7 Å². The minimum Gasteiger partial charge on any atom is -0.494 e. The Balaban J connectivity index is 1.88. The molecule has 0 aliphatic rings. The highest BCUT2D eigenvalue weighted by Crippen LogP contribution is 2.34. The van der Waals surface area contributed by atoms with E-state index in [1.165, 1.54) is 6.26 Å². The van der Waals surface area contributed by atoms with Gasteiger partial charge in [-0.1, -0.05) is 54.6 Å². The maximum atomic E-state index is 12.1. The molecule has 0 bridgehead atoms. The average Bonchev–Trinajstić information content (AvgIpc) is 2.77. The molecule has 1 unspecified atom stereocenters. The second-order valence-corrected chi connectivity index (χ2v) is 9.52. The lowest BCUT2D eigenvalue weighted by Crippen LogP contribution is -2.14. The number of hydrogen-bond acceptors (Lipinski definition) is 5. The number of pyridine rings is 1. The molecule has 0 fully saturated rings.